The summed E-state index contributed by atoms with van der Waals surface area (Å²) in [6.07, 6.45) is 4.03. The minimum Gasteiger partial charge on any atom is -0.487 e. The van der Waals surface area contributed by atoms with Crippen molar-refractivity contribution >= 4 is 17.4 Å². The molecular formula is C22H20ClN3O3. The van der Waals surface area contributed by atoms with E-state index in [0.717, 1.165) is 19.5 Å². The average Bonchev–Trinajstić information content (AvgIpc) is 2.74. The number of nitrogens with one attached hydrogen (secondary N) is 1. The highest BCUT2D eigenvalue weighted by atomic mass is 35.5. The van der Waals surface area contributed by atoms with Gasteiger partial charge in [-0.2, -0.15) is 0 Å². The zero-order chi connectivity index (χ0) is 20.2. The van der Waals surface area contributed by atoms with Gasteiger partial charge in [0, 0.05) is 30.6 Å². The number of nitrogens with zero attached hydrogens (tertiary/aromatic N) is 2. The molecule has 0 atom stereocenters. The Balaban J connectivity index is 1.42. The van der Waals surface area contributed by atoms with Gasteiger partial charge in [0.25, 0.3) is 5.56 Å². The molecule has 1 N–H and O–H groups in total. The minimum atomic E-state index is -0.290. The molecule has 7 heteroatoms. The Kier molecular flexibility index (Phi) is 5.74. The van der Waals surface area contributed by atoms with Crippen LogP contribution in [0.1, 0.15) is 27.2 Å². The molecule has 0 radical (unpaired) electrons. The molecule has 148 valence electrons. The summed E-state index contributed by atoms with van der Waals surface area (Å²) in [6, 6.07) is 12.3. The van der Waals surface area contributed by atoms with Gasteiger partial charge in [-0.15, -0.1) is 0 Å². The van der Waals surface area contributed by atoms with E-state index in [1.54, 1.807) is 30.6 Å². The van der Waals surface area contributed by atoms with E-state index in [1.807, 2.05) is 18.2 Å². The number of rotatable bonds is 6. The fraction of sp³-hybridized carbons (Fsp3) is 0.227. The molecule has 0 bridgehead atoms. The zero-order valence-electron chi connectivity index (χ0n) is 15.7. The standard InChI is InChI=1S/C22H20ClN3O3/c23-18-3-4-19(25-12-18)14-29-20-6-8-26(22(28)10-20)13-21(27)16-1-2-17-11-24-7-5-15(17)9-16/h1-4,6,8-10,12,24H,5,7,11,13-14H2. The number of aromatic nitrogens is 2. The van der Waals surface area contributed by atoms with E-state index in [4.69, 9.17) is 16.3 Å². The topological polar surface area (TPSA) is 73.2 Å². The summed E-state index contributed by atoms with van der Waals surface area (Å²) in [5, 5.41) is 3.87. The maximum absolute atomic E-state index is 12.6. The van der Waals surface area contributed by atoms with Crippen LogP contribution in [0.15, 0.2) is 59.7 Å². The molecule has 0 fully saturated rings. The summed E-state index contributed by atoms with van der Waals surface area (Å²) in [5.74, 6) is 0.337. The van der Waals surface area contributed by atoms with Gasteiger partial charge >= 0.3 is 0 Å². The lowest BCUT2D eigenvalue weighted by molar-refractivity contribution is 0.0970. The van der Waals surface area contributed by atoms with Crippen LogP contribution in [0.25, 0.3) is 0 Å². The third-order valence-electron chi connectivity index (χ3n) is 4.87. The number of fused-ring (bicyclic) bond motifs is 1. The van der Waals surface area contributed by atoms with Crippen LogP contribution in [0.2, 0.25) is 5.02 Å². The Bertz CT molecular complexity index is 1090. The summed E-state index contributed by atoms with van der Waals surface area (Å²) in [6.45, 7) is 1.96. The third kappa shape index (κ3) is 4.72. The van der Waals surface area contributed by atoms with Crippen LogP contribution in [0.5, 0.6) is 5.75 Å². The van der Waals surface area contributed by atoms with E-state index < -0.39 is 0 Å². The number of halogens is 1. The Morgan fingerprint density at radius 1 is 1.17 bits per heavy atom. The molecule has 4 rings (SSSR count). The van der Waals surface area contributed by atoms with Crippen molar-refractivity contribution in [1.29, 1.82) is 0 Å². The lowest BCUT2D eigenvalue weighted by atomic mass is 9.97. The van der Waals surface area contributed by atoms with E-state index >= 15 is 0 Å². The summed E-state index contributed by atoms with van der Waals surface area (Å²) in [7, 11) is 0. The second-order valence-corrected chi connectivity index (χ2v) is 7.35. The summed E-state index contributed by atoms with van der Waals surface area (Å²) in [5.41, 5.74) is 3.47. The quantitative estimate of drug-likeness (QED) is 0.633. The van der Waals surface area contributed by atoms with Crippen LogP contribution >= 0.6 is 11.6 Å². The van der Waals surface area contributed by atoms with Crippen molar-refractivity contribution in [2.75, 3.05) is 6.54 Å². The van der Waals surface area contributed by atoms with Crippen LogP contribution in [-0.2, 0) is 26.1 Å². The van der Waals surface area contributed by atoms with Gasteiger partial charge in [-0.25, -0.2) is 0 Å². The fourth-order valence-corrected chi connectivity index (χ4v) is 3.37. The normalized spacial score (nSPS) is 13.0. The van der Waals surface area contributed by atoms with Gasteiger partial charge in [-0.1, -0.05) is 23.7 Å². The molecule has 0 saturated carbocycles. The fourth-order valence-electron chi connectivity index (χ4n) is 3.26. The van der Waals surface area contributed by atoms with E-state index in [0.29, 0.717) is 22.0 Å². The maximum atomic E-state index is 12.6. The first-order valence-electron chi connectivity index (χ1n) is 9.38. The lowest BCUT2D eigenvalue weighted by Crippen LogP contribution is -2.25. The summed E-state index contributed by atoms with van der Waals surface area (Å²) in [4.78, 5) is 29.2. The molecular weight excluding hydrogens is 390 g/mol. The van der Waals surface area contributed by atoms with E-state index in [1.165, 1.54) is 21.8 Å². The smallest absolute Gasteiger partial charge is 0.254 e. The van der Waals surface area contributed by atoms with Gasteiger partial charge < -0.3 is 14.6 Å². The third-order valence-corrected chi connectivity index (χ3v) is 5.10. The number of ketones is 1. The molecule has 6 nitrogen and oxygen atoms in total. The largest absolute Gasteiger partial charge is 0.487 e. The number of ether oxygens (including phenoxy) is 1. The molecule has 0 unspecified atom stereocenters. The van der Waals surface area contributed by atoms with E-state index in [9.17, 15) is 9.59 Å². The SMILES string of the molecule is O=C(Cn1ccc(OCc2ccc(Cl)cn2)cc1=O)c1ccc2c(c1)CCNC2. The van der Waals surface area contributed by atoms with Gasteiger partial charge in [0.2, 0.25) is 0 Å². The van der Waals surface area contributed by atoms with E-state index in [2.05, 4.69) is 10.3 Å². The number of pyridine rings is 2. The maximum Gasteiger partial charge on any atom is 0.254 e. The Labute approximate surface area is 173 Å². The van der Waals surface area contributed by atoms with Gasteiger partial charge in [0.1, 0.15) is 12.4 Å². The molecule has 2 aromatic heterocycles. The second-order valence-electron chi connectivity index (χ2n) is 6.92. The highest BCUT2D eigenvalue weighted by Gasteiger charge is 2.13. The first kappa shape index (κ1) is 19.4. The van der Waals surface area contributed by atoms with Crippen LogP contribution in [-0.4, -0.2) is 21.9 Å². The lowest BCUT2D eigenvalue weighted by Gasteiger charge is -2.17. The number of carbonyl (C=O) groups is 1. The highest BCUT2D eigenvalue weighted by Crippen LogP contribution is 2.17. The number of hydrogen-bond donors (Lipinski definition) is 1. The first-order valence-corrected chi connectivity index (χ1v) is 9.76. The van der Waals surface area contributed by atoms with Gasteiger partial charge in [0.15, 0.2) is 5.78 Å². The van der Waals surface area contributed by atoms with Gasteiger partial charge in [0.05, 0.1) is 17.3 Å². The molecule has 0 spiro atoms. The Hall–Kier alpha value is -2.96. The second kappa shape index (κ2) is 8.59. The predicted octanol–water partition coefficient (Wildman–Crippen LogP) is 3.00. The Morgan fingerprint density at radius 3 is 2.86 bits per heavy atom. The van der Waals surface area contributed by atoms with E-state index in [-0.39, 0.29) is 24.5 Å². The van der Waals surface area contributed by atoms with Crippen LogP contribution < -0.4 is 15.6 Å². The van der Waals surface area contributed by atoms with Crippen molar-refractivity contribution in [1.82, 2.24) is 14.9 Å². The van der Waals surface area contributed by atoms with Crippen molar-refractivity contribution < 1.29 is 9.53 Å². The number of Topliss-reactive ketones (excluding diaryl/α,β-unsaturated/α-hetero) is 1. The van der Waals surface area contributed by atoms with Crippen molar-refractivity contribution in [3.63, 3.8) is 0 Å². The number of hydrogen-bond acceptors (Lipinski definition) is 5. The molecule has 0 amide bonds. The highest BCUT2D eigenvalue weighted by molar-refractivity contribution is 6.30. The monoisotopic (exact) mass is 409 g/mol. The van der Waals surface area contributed by atoms with Gasteiger partial charge in [-0.3, -0.25) is 14.6 Å². The predicted molar refractivity (Wildman–Crippen MR) is 110 cm³/mol. The van der Waals surface area contributed by atoms with Crippen LogP contribution in [0.3, 0.4) is 0 Å². The molecule has 1 aliphatic rings. The summed E-state index contributed by atoms with van der Waals surface area (Å²) < 4.78 is 7.00. The molecule has 1 aromatic carbocycles. The van der Waals surface area contributed by atoms with Crippen LogP contribution in [0.4, 0.5) is 0 Å². The molecule has 3 heterocycles. The molecule has 0 saturated heterocycles. The first-order chi connectivity index (χ1) is 14.1. The molecule has 1 aliphatic heterocycles. The Morgan fingerprint density at radius 2 is 2.07 bits per heavy atom. The van der Waals surface area contributed by atoms with Crippen molar-refractivity contribution in [2.24, 2.45) is 0 Å². The van der Waals surface area contributed by atoms with Crippen molar-refractivity contribution in [2.45, 2.75) is 26.1 Å². The van der Waals surface area contributed by atoms with Crippen molar-refractivity contribution in [3.8, 4) is 5.75 Å². The van der Waals surface area contributed by atoms with Crippen molar-refractivity contribution in [3.05, 3.63) is 92.6 Å². The number of benzene rings is 1. The average molecular weight is 410 g/mol. The molecule has 0 aliphatic carbocycles. The minimum absolute atomic E-state index is 0.00507. The zero-order valence-corrected chi connectivity index (χ0v) is 16.5. The summed E-state index contributed by atoms with van der Waals surface area (Å²) >= 11 is 5.81. The van der Waals surface area contributed by atoms with Crippen LogP contribution in [0, 0.1) is 0 Å². The number of carbonyl (C=O) groups excluding carboxylic acids is 1. The van der Waals surface area contributed by atoms with Gasteiger partial charge in [-0.05, 0) is 48.4 Å². The molecule has 3 aromatic rings. The molecule has 29 heavy (non-hydrogen) atoms.